The zero-order valence-electron chi connectivity index (χ0n) is 31.6. The summed E-state index contributed by atoms with van der Waals surface area (Å²) in [6.45, 7) is 39.1. The average molecular weight is 565 g/mol. The second-order valence-electron chi connectivity index (χ2n) is 15.8. The molecule has 0 saturated heterocycles. The van der Waals surface area contributed by atoms with Crippen molar-refractivity contribution in [2.75, 3.05) is 0 Å². The van der Waals surface area contributed by atoms with Crippen molar-refractivity contribution in [1.82, 2.24) is 0 Å². The number of hydrogen-bond acceptors (Lipinski definition) is 0. The van der Waals surface area contributed by atoms with Crippen molar-refractivity contribution in [3.05, 3.63) is 0 Å². The Morgan fingerprint density at radius 3 is 1.48 bits per heavy atom. The topological polar surface area (TPSA) is 0 Å². The molecule has 3 rings (SSSR count). The van der Waals surface area contributed by atoms with Gasteiger partial charge in [-0.3, -0.25) is 0 Å². The SMILES string of the molecule is CC.CC(C)C(C)C(C)C.CC1CCC(C(C)C2CC(C(C)C)CC3CCC(C)C32)C1.CCC.CCCC(C)C. The molecule has 0 aromatic carbocycles. The molecule has 8 unspecified atom stereocenters. The Morgan fingerprint density at radius 2 is 1.15 bits per heavy atom. The van der Waals surface area contributed by atoms with Crippen LogP contribution in [0.2, 0.25) is 0 Å². The van der Waals surface area contributed by atoms with E-state index < -0.39 is 0 Å². The van der Waals surface area contributed by atoms with E-state index in [1.165, 1.54) is 44.9 Å². The quantitative estimate of drug-likeness (QED) is 0.288. The molecule has 0 spiro atoms. The molecule has 0 N–H and O–H groups in total. The van der Waals surface area contributed by atoms with Crippen molar-refractivity contribution in [2.45, 2.75) is 182 Å². The van der Waals surface area contributed by atoms with Gasteiger partial charge in [0, 0.05) is 0 Å². The van der Waals surface area contributed by atoms with Gasteiger partial charge in [-0.2, -0.15) is 0 Å². The number of fused-ring (bicyclic) bond motifs is 1. The maximum atomic E-state index is 2.64. The third-order valence-corrected chi connectivity index (χ3v) is 10.9. The fraction of sp³-hybridized carbons (Fsp3) is 1.00. The molecule has 0 aromatic heterocycles. The number of rotatable bonds is 7. The van der Waals surface area contributed by atoms with Crippen molar-refractivity contribution >= 4 is 0 Å². The predicted octanol–water partition coefficient (Wildman–Crippen LogP) is 14.2. The maximum Gasteiger partial charge on any atom is -0.0329 e. The highest BCUT2D eigenvalue weighted by Gasteiger charge is 2.47. The van der Waals surface area contributed by atoms with Crippen molar-refractivity contribution in [2.24, 2.45) is 76.9 Å². The third-order valence-electron chi connectivity index (χ3n) is 10.9. The minimum absolute atomic E-state index is 0.843. The third kappa shape index (κ3) is 16.0. The maximum absolute atomic E-state index is 2.64. The minimum atomic E-state index is 0.843. The zero-order chi connectivity index (χ0) is 31.6. The van der Waals surface area contributed by atoms with Gasteiger partial charge in [0.25, 0.3) is 0 Å². The number of hydrogen-bond donors (Lipinski definition) is 0. The summed E-state index contributed by atoms with van der Waals surface area (Å²) < 4.78 is 0. The lowest BCUT2D eigenvalue weighted by Crippen LogP contribution is -2.39. The zero-order valence-corrected chi connectivity index (χ0v) is 31.6. The highest BCUT2D eigenvalue weighted by Crippen LogP contribution is 2.56. The molecule has 3 saturated carbocycles. The summed E-state index contributed by atoms with van der Waals surface area (Å²) in [6.07, 6.45) is 14.7. The first-order valence-corrected chi connectivity index (χ1v) is 18.7. The fourth-order valence-corrected chi connectivity index (χ4v) is 7.90. The molecule has 244 valence electrons. The Kier molecular flexibility index (Phi) is 24.7. The Balaban J connectivity index is 0. The molecule has 0 aliphatic heterocycles. The Hall–Kier alpha value is 0. The van der Waals surface area contributed by atoms with Gasteiger partial charge in [-0.25, -0.2) is 0 Å². The molecule has 0 heteroatoms. The van der Waals surface area contributed by atoms with Crippen LogP contribution in [0.15, 0.2) is 0 Å². The van der Waals surface area contributed by atoms with Crippen LogP contribution in [-0.2, 0) is 0 Å². The first-order valence-electron chi connectivity index (χ1n) is 18.7. The van der Waals surface area contributed by atoms with Crippen LogP contribution in [0.5, 0.6) is 0 Å². The Bertz CT molecular complexity index is 534. The van der Waals surface area contributed by atoms with Gasteiger partial charge in [0.1, 0.15) is 0 Å². The summed E-state index contributed by atoms with van der Waals surface area (Å²) in [5, 5.41) is 0. The van der Waals surface area contributed by atoms with Gasteiger partial charge in [-0.05, 0) is 109 Å². The molecule has 0 bridgehead atoms. The summed E-state index contributed by atoms with van der Waals surface area (Å²) in [5.74, 6) is 12.6. The molecule has 0 radical (unpaired) electrons. The molecule has 0 amide bonds. The molecule has 40 heavy (non-hydrogen) atoms. The minimum Gasteiger partial charge on any atom is -0.0683 e. The average Bonchev–Trinajstić information content (AvgIpc) is 3.50. The van der Waals surface area contributed by atoms with Crippen LogP contribution in [0, 0.1) is 76.9 Å². The van der Waals surface area contributed by atoms with Crippen LogP contribution in [0.3, 0.4) is 0 Å². The standard InChI is InChI=1S/C21H38.C8H18.C6H14.C3H8.C2H6/c1-13(2)19-11-18-9-7-15(4)21(18)20(12-19)16(5)17-8-6-14(3)10-17;1-6(2)8(5)7(3)4;1-4-5-6(2)3;1-3-2;1-2/h13-21H,6-12H2,1-5H3;6-8H,1-5H3;6H,4-5H2,1-3H3;3H2,1-2H3;1-2H3. The van der Waals surface area contributed by atoms with Crippen LogP contribution in [-0.4, -0.2) is 0 Å². The van der Waals surface area contributed by atoms with Crippen LogP contribution in [0.1, 0.15) is 182 Å². The smallest absolute Gasteiger partial charge is 0.0329 e. The van der Waals surface area contributed by atoms with Gasteiger partial charge in [0.2, 0.25) is 0 Å². The van der Waals surface area contributed by atoms with E-state index in [-0.39, 0.29) is 0 Å². The first-order chi connectivity index (χ1) is 18.7. The van der Waals surface area contributed by atoms with Gasteiger partial charge in [-0.1, -0.05) is 150 Å². The van der Waals surface area contributed by atoms with E-state index in [2.05, 4.69) is 104 Å². The van der Waals surface area contributed by atoms with E-state index in [1.54, 1.807) is 19.3 Å². The summed E-state index contributed by atoms with van der Waals surface area (Å²) >= 11 is 0. The first kappa shape index (κ1) is 42.1. The summed E-state index contributed by atoms with van der Waals surface area (Å²) in [6, 6.07) is 0. The monoisotopic (exact) mass is 565 g/mol. The van der Waals surface area contributed by atoms with Crippen LogP contribution < -0.4 is 0 Å². The van der Waals surface area contributed by atoms with Crippen molar-refractivity contribution in [1.29, 1.82) is 0 Å². The molecular formula is C40H84. The molecular weight excluding hydrogens is 480 g/mol. The molecule has 8 atom stereocenters. The molecule has 0 aromatic rings. The highest BCUT2D eigenvalue weighted by atomic mass is 14.5. The lowest BCUT2D eigenvalue weighted by molar-refractivity contribution is 0.0303. The fourth-order valence-electron chi connectivity index (χ4n) is 7.90. The molecule has 3 aliphatic rings. The van der Waals surface area contributed by atoms with Gasteiger partial charge in [0.15, 0.2) is 0 Å². The molecule has 0 nitrogen and oxygen atoms in total. The normalized spacial score (nSPS) is 30.0. The highest BCUT2D eigenvalue weighted by molar-refractivity contribution is 4.97. The van der Waals surface area contributed by atoms with Crippen molar-refractivity contribution < 1.29 is 0 Å². The second-order valence-corrected chi connectivity index (χ2v) is 15.8. The molecule has 3 fully saturated rings. The lowest BCUT2D eigenvalue weighted by Gasteiger charge is -2.46. The Labute approximate surface area is 258 Å². The predicted molar refractivity (Wildman–Crippen MR) is 188 cm³/mol. The van der Waals surface area contributed by atoms with E-state index in [0.29, 0.717) is 0 Å². The summed E-state index contributed by atoms with van der Waals surface area (Å²) in [5.41, 5.74) is 0. The van der Waals surface area contributed by atoms with Crippen molar-refractivity contribution in [3.8, 4) is 0 Å². The van der Waals surface area contributed by atoms with Crippen LogP contribution in [0.25, 0.3) is 0 Å². The van der Waals surface area contributed by atoms with Gasteiger partial charge >= 0.3 is 0 Å². The van der Waals surface area contributed by atoms with E-state index in [4.69, 9.17) is 0 Å². The summed E-state index contributed by atoms with van der Waals surface area (Å²) in [7, 11) is 0. The second kappa shape index (κ2) is 23.5. The van der Waals surface area contributed by atoms with Crippen molar-refractivity contribution in [3.63, 3.8) is 0 Å². The summed E-state index contributed by atoms with van der Waals surface area (Å²) in [4.78, 5) is 0. The van der Waals surface area contributed by atoms with E-state index in [1.807, 2.05) is 13.8 Å². The molecule has 3 aliphatic carbocycles. The van der Waals surface area contributed by atoms with Gasteiger partial charge < -0.3 is 0 Å². The van der Waals surface area contributed by atoms with Gasteiger partial charge in [-0.15, -0.1) is 0 Å². The largest absolute Gasteiger partial charge is 0.0683 e. The van der Waals surface area contributed by atoms with E-state index in [0.717, 1.165) is 76.9 Å². The lowest BCUT2D eigenvalue weighted by atomic mass is 9.59. The van der Waals surface area contributed by atoms with Gasteiger partial charge in [0.05, 0.1) is 0 Å². The molecule has 0 heterocycles. The van der Waals surface area contributed by atoms with E-state index >= 15 is 0 Å². The van der Waals surface area contributed by atoms with E-state index in [9.17, 15) is 0 Å². The Morgan fingerprint density at radius 1 is 0.625 bits per heavy atom. The van der Waals surface area contributed by atoms with Crippen LogP contribution in [0.4, 0.5) is 0 Å². The van der Waals surface area contributed by atoms with Crippen LogP contribution >= 0.6 is 0 Å².